The van der Waals surface area contributed by atoms with E-state index in [2.05, 4.69) is 32.2 Å². The van der Waals surface area contributed by atoms with E-state index in [-0.39, 0.29) is 6.61 Å². The molecule has 0 N–H and O–H groups in total. The Kier molecular flexibility index (Phi) is 4.44. The molecule has 0 fully saturated rings. The largest absolute Gasteiger partial charge is 0.387 e. The van der Waals surface area contributed by atoms with Crippen LogP contribution in [0.15, 0.2) is 72.3 Å². The average molecular weight is 397 g/mol. The van der Waals surface area contributed by atoms with Crippen molar-refractivity contribution >= 4 is 22.4 Å². The fourth-order valence-corrected chi connectivity index (χ4v) is 3.22. The molecule has 8 nitrogen and oxygen atoms in total. The summed E-state index contributed by atoms with van der Waals surface area (Å²) in [4.78, 5) is 14.6. The van der Waals surface area contributed by atoms with E-state index in [0.717, 1.165) is 28.0 Å². The van der Waals surface area contributed by atoms with Crippen molar-refractivity contribution in [1.29, 1.82) is 0 Å². The maximum Gasteiger partial charge on any atom is 0.192 e. The summed E-state index contributed by atoms with van der Waals surface area (Å²) < 4.78 is 3.43. The first-order valence-corrected chi connectivity index (χ1v) is 9.56. The van der Waals surface area contributed by atoms with Gasteiger partial charge >= 0.3 is 0 Å². The van der Waals surface area contributed by atoms with Crippen molar-refractivity contribution in [1.82, 2.24) is 29.4 Å². The van der Waals surface area contributed by atoms with Gasteiger partial charge in [0.05, 0.1) is 23.0 Å². The predicted octanol–water partition coefficient (Wildman–Crippen LogP) is 3.71. The van der Waals surface area contributed by atoms with Crippen LogP contribution in [0.25, 0.3) is 22.4 Å². The minimum absolute atomic E-state index is 0.166. The first-order chi connectivity index (χ1) is 14.7. The predicted molar refractivity (Wildman–Crippen MR) is 114 cm³/mol. The summed E-state index contributed by atoms with van der Waals surface area (Å²) in [6.07, 6.45) is 3.40. The van der Waals surface area contributed by atoms with Gasteiger partial charge in [0.1, 0.15) is 6.33 Å². The van der Waals surface area contributed by atoms with E-state index < -0.39 is 0 Å². The molecule has 0 unspecified atom stereocenters. The molecule has 0 spiro atoms. The van der Waals surface area contributed by atoms with Crippen LogP contribution in [0, 0.1) is 6.92 Å². The molecule has 3 aromatic heterocycles. The molecule has 0 aliphatic rings. The molecule has 0 amide bonds. The molecule has 0 saturated heterocycles. The third-order valence-electron chi connectivity index (χ3n) is 4.81. The summed E-state index contributed by atoms with van der Waals surface area (Å²) in [6, 6.07) is 18.0. The number of aromatic nitrogens is 6. The Morgan fingerprint density at radius 3 is 2.63 bits per heavy atom. The molecule has 5 aromatic rings. The van der Waals surface area contributed by atoms with Gasteiger partial charge in [-0.2, -0.15) is 5.10 Å². The molecule has 8 heteroatoms. The smallest absolute Gasteiger partial charge is 0.192 e. The normalized spacial score (nSPS) is 12.0. The Balaban J connectivity index is 1.42. The highest BCUT2D eigenvalue weighted by Gasteiger charge is 2.13. The minimum Gasteiger partial charge on any atom is -0.387 e. The Morgan fingerprint density at radius 2 is 1.83 bits per heavy atom. The SMILES string of the molecule is C/C(=N\OCc1nc2c3cnn(-c4ccc(C)cc4)c3ncn2n1)c1ccccc1. The van der Waals surface area contributed by atoms with Gasteiger partial charge in [0.15, 0.2) is 23.7 Å². The van der Waals surface area contributed by atoms with Crippen LogP contribution in [-0.4, -0.2) is 35.1 Å². The summed E-state index contributed by atoms with van der Waals surface area (Å²) in [5.74, 6) is 0.525. The second kappa shape index (κ2) is 7.40. The van der Waals surface area contributed by atoms with E-state index in [1.54, 1.807) is 21.7 Å². The second-order valence-electron chi connectivity index (χ2n) is 6.99. The van der Waals surface area contributed by atoms with E-state index in [4.69, 9.17) is 4.84 Å². The molecule has 0 bridgehead atoms. The van der Waals surface area contributed by atoms with Crippen LogP contribution in [0.1, 0.15) is 23.9 Å². The van der Waals surface area contributed by atoms with Crippen molar-refractivity contribution in [2.24, 2.45) is 5.16 Å². The Hall–Kier alpha value is -4.07. The Labute approximate surface area is 172 Å². The van der Waals surface area contributed by atoms with Gasteiger partial charge in [-0.05, 0) is 31.5 Å². The third kappa shape index (κ3) is 3.28. The molecule has 0 radical (unpaired) electrons. The molecular formula is C22H19N7O. The highest BCUT2D eigenvalue weighted by atomic mass is 16.6. The summed E-state index contributed by atoms with van der Waals surface area (Å²) in [5.41, 5.74) is 5.35. The summed E-state index contributed by atoms with van der Waals surface area (Å²) in [5, 5.41) is 13.9. The lowest BCUT2D eigenvalue weighted by Crippen LogP contribution is -1.99. The van der Waals surface area contributed by atoms with Crippen LogP contribution >= 0.6 is 0 Å². The molecule has 30 heavy (non-hydrogen) atoms. The minimum atomic E-state index is 0.166. The standard InChI is InChI=1S/C22H19N7O/c1-15-8-10-18(11-9-15)29-21-19(12-24-29)22-25-20(26-28(22)14-23-21)13-30-27-16(2)17-6-4-3-5-7-17/h3-12,14H,13H2,1-2H3/b27-16+. The first kappa shape index (κ1) is 18.0. The van der Waals surface area contributed by atoms with E-state index in [0.29, 0.717) is 11.5 Å². The monoisotopic (exact) mass is 397 g/mol. The summed E-state index contributed by atoms with van der Waals surface area (Å²) in [7, 11) is 0. The lowest BCUT2D eigenvalue weighted by molar-refractivity contribution is 0.125. The number of oxime groups is 1. The highest BCUT2D eigenvalue weighted by Crippen LogP contribution is 2.20. The zero-order valence-electron chi connectivity index (χ0n) is 16.6. The number of fused-ring (bicyclic) bond motifs is 3. The van der Waals surface area contributed by atoms with Crippen molar-refractivity contribution in [3.05, 3.63) is 84.1 Å². The van der Waals surface area contributed by atoms with Gasteiger partial charge in [-0.25, -0.2) is 19.2 Å². The number of hydrogen-bond donors (Lipinski definition) is 0. The second-order valence-corrected chi connectivity index (χ2v) is 6.99. The van der Waals surface area contributed by atoms with Gasteiger partial charge in [-0.1, -0.05) is 53.2 Å². The van der Waals surface area contributed by atoms with Crippen LogP contribution in [0.5, 0.6) is 0 Å². The first-order valence-electron chi connectivity index (χ1n) is 9.56. The Bertz CT molecular complexity index is 1350. The molecule has 0 aliphatic heterocycles. The highest BCUT2D eigenvalue weighted by molar-refractivity contribution is 5.98. The van der Waals surface area contributed by atoms with Crippen molar-refractivity contribution in [2.75, 3.05) is 0 Å². The summed E-state index contributed by atoms with van der Waals surface area (Å²) in [6.45, 7) is 4.12. The number of aryl methyl sites for hydroxylation is 1. The number of benzene rings is 2. The van der Waals surface area contributed by atoms with Gasteiger partial charge in [-0.3, -0.25) is 0 Å². The zero-order valence-corrected chi connectivity index (χ0v) is 16.6. The number of hydrogen-bond acceptors (Lipinski definition) is 6. The van der Waals surface area contributed by atoms with E-state index >= 15 is 0 Å². The van der Waals surface area contributed by atoms with Crippen LogP contribution in [0.2, 0.25) is 0 Å². The van der Waals surface area contributed by atoms with Crippen LogP contribution in [0.3, 0.4) is 0 Å². The molecular weight excluding hydrogens is 378 g/mol. The molecule has 2 aromatic carbocycles. The van der Waals surface area contributed by atoms with Crippen LogP contribution in [0.4, 0.5) is 0 Å². The lowest BCUT2D eigenvalue weighted by atomic mass is 10.1. The fraction of sp³-hybridized carbons (Fsp3) is 0.136. The van der Waals surface area contributed by atoms with E-state index in [1.165, 1.54) is 5.56 Å². The molecule has 148 valence electrons. The van der Waals surface area contributed by atoms with Gasteiger partial charge in [-0.15, -0.1) is 5.10 Å². The zero-order chi connectivity index (χ0) is 20.5. The van der Waals surface area contributed by atoms with Gasteiger partial charge in [0.2, 0.25) is 0 Å². The van der Waals surface area contributed by atoms with E-state index in [1.807, 2.05) is 61.5 Å². The maximum absolute atomic E-state index is 5.47. The van der Waals surface area contributed by atoms with Gasteiger partial charge in [0, 0.05) is 0 Å². The molecule has 5 rings (SSSR count). The average Bonchev–Trinajstić information content (AvgIpc) is 3.38. The maximum atomic E-state index is 5.47. The van der Waals surface area contributed by atoms with E-state index in [9.17, 15) is 0 Å². The van der Waals surface area contributed by atoms with Crippen molar-refractivity contribution in [3.8, 4) is 5.69 Å². The third-order valence-corrected chi connectivity index (χ3v) is 4.81. The quantitative estimate of drug-likeness (QED) is 0.333. The van der Waals surface area contributed by atoms with Crippen LogP contribution in [-0.2, 0) is 11.4 Å². The molecule has 0 saturated carbocycles. The molecule has 3 heterocycles. The number of nitrogens with zero attached hydrogens (tertiary/aromatic N) is 7. The molecule has 0 aliphatic carbocycles. The van der Waals surface area contributed by atoms with Gasteiger partial charge < -0.3 is 4.84 Å². The van der Waals surface area contributed by atoms with Crippen molar-refractivity contribution < 1.29 is 4.84 Å². The summed E-state index contributed by atoms with van der Waals surface area (Å²) >= 11 is 0. The topological polar surface area (TPSA) is 82.5 Å². The number of rotatable bonds is 5. The Morgan fingerprint density at radius 1 is 1.03 bits per heavy atom. The molecule has 0 atom stereocenters. The lowest BCUT2D eigenvalue weighted by Gasteiger charge is -2.03. The fourth-order valence-electron chi connectivity index (χ4n) is 3.22. The van der Waals surface area contributed by atoms with Crippen LogP contribution < -0.4 is 0 Å². The van der Waals surface area contributed by atoms with Crippen molar-refractivity contribution in [2.45, 2.75) is 20.5 Å². The van der Waals surface area contributed by atoms with Crippen molar-refractivity contribution in [3.63, 3.8) is 0 Å². The van der Waals surface area contributed by atoms with Gasteiger partial charge in [0.25, 0.3) is 0 Å².